The second-order valence-corrected chi connectivity index (χ2v) is 4.50. The molecule has 3 rings (SSSR count). The summed E-state index contributed by atoms with van der Waals surface area (Å²) >= 11 is 5.88. The third kappa shape index (κ3) is 2.66. The van der Waals surface area contributed by atoms with Gasteiger partial charge in [0.25, 0.3) is 0 Å². The molecule has 2 heterocycles. The molecule has 1 aromatic carbocycles. The van der Waals surface area contributed by atoms with Gasteiger partial charge in [0.15, 0.2) is 12.1 Å². The van der Waals surface area contributed by atoms with Crippen molar-refractivity contribution in [2.75, 3.05) is 11.9 Å². The Balaban J connectivity index is 1.73. The van der Waals surface area contributed by atoms with E-state index in [0.717, 1.165) is 18.5 Å². The molecular formula is C13H13ClN5+. The standard InChI is InChI=1S/C13H12ClN5/c14-13-18-11(10-12(19-13)17-8-16-10)15-7-6-9-4-2-1-3-5-9/h1-5,8H,6-7H2,(H2,15,16,17,18,19)/p+1. The van der Waals surface area contributed by atoms with E-state index < -0.39 is 0 Å². The highest BCUT2D eigenvalue weighted by Gasteiger charge is 2.13. The van der Waals surface area contributed by atoms with Crippen LogP contribution in [0.1, 0.15) is 5.56 Å². The van der Waals surface area contributed by atoms with E-state index in [1.165, 1.54) is 5.56 Å². The van der Waals surface area contributed by atoms with Gasteiger partial charge in [-0.2, -0.15) is 4.98 Å². The number of rotatable bonds is 4. The number of hydrogen-bond acceptors (Lipinski definition) is 3. The van der Waals surface area contributed by atoms with Gasteiger partial charge in [0, 0.05) is 6.54 Å². The van der Waals surface area contributed by atoms with E-state index in [4.69, 9.17) is 11.6 Å². The van der Waals surface area contributed by atoms with E-state index in [2.05, 4.69) is 37.4 Å². The van der Waals surface area contributed by atoms with E-state index in [-0.39, 0.29) is 5.28 Å². The third-order valence-electron chi connectivity index (χ3n) is 2.86. The Labute approximate surface area is 115 Å². The molecule has 0 saturated carbocycles. The summed E-state index contributed by atoms with van der Waals surface area (Å²) < 4.78 is 0. The lowest BCUT2D eigenvalue weighted by Crippen LogP contribution is -2.08. The lowest BCUT2D eigenvalue weighted by atomic mass is 10.1. The van der Waals surface area contributed by atoms with Crippen molar-refractivity contribution < 1.29 is 4.98 Å². The topological polar surface area (TPSA) is 67.7 Å². The zero-order valence-electron chi connectivity index (χ0n) is 10.2. The van der Waals surface area contributed by atoms with Crippen molar-refractivity contribution in [3.05, 3.63) is 47.5 Å². The van der Waals surface area contributed by atoms with Gasteiger partial charge in [-0.1, -0.05) is 35.3 Å². The number of fused-ring (bicyclic) bond motifs is 1. The number of aromatic nitrogens is 4. The molecule has 0 unspecified atom stereocenters. The molecule has 5 nitrogen and oxygen atoms in total. The molecular weight excluding hydrogens is 262 g/mol. The summed E-state index contributed by atoms with van der Waals surface area (Å²) in [7, 11) is 0. The minimum Gasteiger partial charge on any atom is -0.366 e. The van der Waals surface area contributed by atoms with Crippen LogP contribution in [-0.2, 0) is 6.42 Å². The summed E-state index contributed by atoms with van der Waals surface area (Å²) in [5.74, 6) is 0.715. The Morgan fingerprint density at radius 1 is 1.21 bits per heavy atom. The molecule has 0 atom stereocenters. The van der Waals surface area contributed by atoms with Crippen LogP contribution in [0.2, 0.25) is 5.28 Å². The summed E-state index contributed by atoms with van der Waals surface area (Å²) in [5.41, 5.74) is 2.81. The highest BCUT2D eigenvalue weighted by Crippen LogP contribution is 2.16. The first-order valence-corrected chi connectivity index (χ1v) is 6.41. The number of H-pyrrole nitrogens is 2. The highest BCUT2D eigenvalue weighted by atomic mass is 35.5. The van der Waals surface area contributed by atoms with Crippen molar-refractivity contribution in [1.29, 1.82) is 0 Å². The number of hydrogen-bond donors (Lipinski definition) is 2. The van der Waals surface area contributed by atoms with Gasteiger partial charge in [-0.15, -0.1) is 0 Å². The van der Waals surface area contributed by atoms with Crippen LogP contribution in [-0.4, -0.2) is 21.5 Å². The molecule has 0 saturated heterocycles. The van der Waals surface area contributed by atoms with E-state index in [0.29, 0.717) is 11.5 Å². The van der Waals surface area contributed by atoms with Crippen molar-refractivity contribution >= 4 is 28.6 Å². The fraction of sp³-hybridized carbons (Fsp3) is 0.154. The largest absolute Gasteiger partial charge is 0.366 e. The van der Waals surface area contributed by atoms with Gasteiger partial charge in [0.05, 0.1) is 0 Å². The van der Waals surface area contributed by atoms with E-state index in [1.54, 1.807) is 6.33 Å². The van der Waals surface area contributed by atoms with Crippen molar-refractivity contribution in [2.24, 2.45) is 0 Å². The first kappa shape index (κ1) is 11.9. The normalized spacial score (nSPS) is 10.8. The zero-order valence-corrected chi connectivity index (χ0v) is 10.9. The monoisotopic (exact) mass is 274 g/mol. The average Bonchev–Trinajstić information content (AvgIpc) is 2.88. The lowest BCUT2D eigenvalue weighted by molar-refractivity contribution is -0.347. The van der Waals surface area contributed by atoms with Crippen LogP contribution >= 0.6 is 11.6 Å². The van der Waals surface area contributed by atoms with Gasteiger partial charge in [-0.05, 0) is 23.6 Å². The number of benzene rings is 1. The zero-order chi connectivity index (χ0) is 13.1. The molecule has 0 bridgehead atoms. The molecule has 0 aliphatic rings. The first-order chi connectivity index (χ1) is 9.33. The molecule has 0 fully saturated rings. The second kappa shape index (κ2) is 5.24. The Bertz CT molecular complexity index is 680. The minimum absolute atomic E-state index is 0.227. The molecule has 0 radical (unpaired) electrons. The maximum atomic E-state index is 5.88. The highest BCUT2D eigenvalue weighted by molar-refractivity contribution is 6.28. The molecule has 96 valence electrons. The molecule has 0 amide bonds. The van der Waals surface area contributed by atoms with Crippen molar-refractivity contribution in [3.63, 3.8) is 0 Å². The number of nitrogens with zero attached hydrogens (tertiary/aromatic N) is 2. The lowest BCUT2D eigenvalue weighted by Gasteiger charge is -2.04. The number of imidazole rings is 1. The average molecular weight is 275 g/mol. The fourth-order valence-corrected chi connectivity index (χ4v) is 2.12. The van der Waals surface area contributed by atoms with Gasteiger partial charge < -0.3 is 5.32 Å². The van der Waals surface area contributed by atoms with Gasteiger partial charge in [-0.3, -0.25) is 4.98 Å². The maximum absolute atomic E-state index is 5.88. The molecule has 6 heteroatoms. The predicted molar refractivity (Wildman–Crippen MR) is 74.1 cm³/mol. The van der Waals surface area contributed by atoms with Gasteiger partial charge in [-0.25, -0.2) is 4.98 Å². The van der Waals surface area contributed by atoms with E-state index in [1.807, 2.05) is 18.2 Å². The van der Waals surface area contributed by atoms with E-state index in [9.17, 15) is 0 Å². The van der Waals surface area contributed by atoms with Crippen molar-refractivity contribution in [1.82, 2.24) is 15.0 Å². The van der Waals surface area contributed by atoms with Gasteiger partial charge in [0.1, 0.15) is 0 Å². The Kier molecular flexibility index (Phi) is 3.29. The van der Waals surface area contributed by atoms with Crippen LogP contribution < -0.4 is 10.3 Å². The summed E-state index contributed by atoms with van der Waals surface area (Å²) in [6.45, 7) is 0.783. The molecule has 3 N–H and O–H groups in total. The summed E-state index contributed by atoms with van der Waals surface area (Å²) in [4.78, 5) is 14.3. The molecule has 19 heavy (non-hydrogen) atoms. The second-order valence-electron chi connectivity index (χ2n) is 4.16. The Morgan fingerprint density at radius 3 is 2.89 bits per heavy atom. The first-order valence-electron chi connectivity index (χ1n) is 6.03. The Morgan fingerprint density at radius 2 is 2.05 bits per heavy atom. The van der Waals surface area contributed by atoms with Crippen LogP contribution in [0.4, 0.5) is 5.82 Å². The summed E-state index contributed by atoms with van der Waals surface area (Å²) in [5, 5.41) is 3.50. The Hall–Kier alpha value is -2.14. The van der Waals surface area contributed by atoms with Crippen LogP contribution in [0.25, 0.3) is 11.2 Å². The number of anilines is 1. The summed E-state index contributed by atoms with van der Waals surface area (Å²) in [6.07, 6.45) is 2.63. The number of halogens is 1. The molecule has 0 aliphatic carbocycles. The molecule has 2 aromatic heterocycles. The van der Waals surface area contributed by atoms with Crippen LogP contribution in [0.15, 0.2) is 36.7 Å². The quantitative estimate of drug-likeness (QED) is 0.716. The van der Waals surface area contributed by atoms with Crippen LogP contribution in [0.5, 0.6) is 0 Å². The van der Waals surface area contributed by atoms with Crippen LogP contribution in [0.3, 0.4) is 0 Å². The van der Waals surface area contributed by atoms with Crippen molar-refractivity contribution in [3.8, 4) is 0 Å². The van der Waals surface area contributed by atoms with Crippen LogP contribution in [0, 0.1) is 0 Å². The third-order valence-corrected chi connectivity index (χ3v) is 3.03. The molecule has 0 aliphatic heterocycles. The molecule has 0 spiro atoms. The van der Waals surface area contributed by atoms with Gasteiger partial charge >= 0.3 is 10.9 Å². The smallest absolute Gasteiger partial charge is 0.306 e. The van der Waals surface area contributed by atoms with E-state index >= 15 is 0 Å². The van der Waals surface area contributed by atoms with Gasteiger partial charge in [0.2, 0.25) is 5.52 Å². The number of nitrogens with one attached hydrogen (secondary N) is 3. The molecule has 3 aromatic rings. The number of aromatic amines is 2. The fourth-order valence-electron chi connectivity index (χ4n) is 1.95. The van der Waals surface area contributed by atoms with Crippen molar-refractivity contribution in [2.45, 2.75) is 6.42 Å². The predicted octanol–water partition coefficient (Wildman–Crippen LogP) is 2.08. The minimum atomic E-state index is 0.227. The summed E-state index contributed by atoms with van der Waals surface area (Å²) in [6, 6.07) is 10.3. The SMILES string of the molecule is Clc1nc(NCCc2ccccc2)c2[nH]c[nH+]c2n1. The maximum Gasteiger partial charge on any atom is 0.306 e.